The Morgan fingerprint density at radius 1 is 0.879 bits per heavy atom. The third kappa shape index (κ3) is 6.43. The fraction of sp³-hybridized carbons (Fsp3) is 0.259. The molecular formula is C27H30N4O2. The first kappa shape index (κ1) is 22.6. The number of nitrogens with zero attached hydrogens (tertiary/aromatic N) is 2. The molecule has 3 N–H and O–H groups in total. The summed E-state index contributed by atoms with van der Waals surface area (Å²) < 4.78 is 0. The van der Waals surface area contributed by atoms with E-state index in [0.29, 0.717) is 29.5 Å². The van der Waals surface area contributed by atoms with Crippen molar-refractivity contribution >= 4 is 23.1 Å². The molecule has 0 radical (unpaired) electrons. The van der Waals surface area contributed by atoms with Crippen molar-refractivity contribution < 1.29 is 10.0 Å². The van der Waals surface area contributed by atoms with Gasteiger partial charge in [-0.3, -0.25) is 4.90 Å². The third-order valence-electron chi connectivity index (χ3n) is 6.09. The van der Waals surface area contributed by atoms with Gasteiger partial charge in [0.2, 0.25) is 0 Å². The van der Waals surface area contributed by atoms with Gasteiger partial charge in [0.15, 0.2) is 0 Å². The second-order valence-electron chi connectivity index (χ2n) is 8.45. The Hall–Kier alpha value is -3.64. The second kappa shape index (κ2) is 11.3. The molecular weight excluding hydrogens is 412 g/mol. The summed E-state index contributed by atoms with van der Waals surface area (Å²) in [6, 6.07) is 27.0. The summed E-state index contributed by atoms with van der Waals surface area (Å²) in [6.45, 7) is 2.45. The smallest absolute Gasteiger partial charge is 0.323 e. The second-order valence-corrected chi connectivity index (χ2v) is 8.45. The van der Waals surface area contributed by atoms with Crippen molar-refractivity contribution in [1.29, 1.82) is 0 Å². The highest BCUT2D eigenvalue weighted by Crippen LogP contribution is 2.23. The van der Waals surface area contributed by atoms with Crippen LogP contribution in [0.1, 0.15) is 24.0 Å². The van der Waals surface area contributed by atoms with Crippen LogP contribution in [-0.2, 0) is 6.42 Å². The zero-order valence-corrected chi connectivity index (χ0v) is 18.7. The van der Waals surface area contributed by atoms with Crippen molar-refractivity contribution in [2.45, 2.75) is 19.3 Å². The van der Waals surface area contributed by atoms with Crippen molar-refractivity contribution in [1.82, 2.24) is 4.90 Å². The Morgan fingerprint density at radius 3 is 2.21 bits per heavy atom. The number of nitrogens with one attached hydrogen (secondary N) is 2. The van der Waals surface area contributed by atoms with Gasteiger partial charge in [-0.15, -0.1) is 0 Å². The molecule has 0 unspecified atom stereocenters. The number of para-hydroxylation sites is 2. The van der Waals surface area contributed by atoms with Gasteiger partial charge in [-0.25, -0.2) is 4.79 Å². The van der Waals surface area contributed by atoms with Crippen LogP contribution in [0.15, 0.2) is 90.1 Å². The van der Waals surface area contributed by atoms with E-state index >= 15 is 0 Å². The number of hydrogen-bond donors (Lipinski definition) is 3. The van der Waals surface area contributed by atoms with Crippen LogP contribution >= 0.6 is 0 Å². The monoisotopic (exact) mass is 442 g/mol. The van der Waals surface area contributed by atoms with E-state index in [1.165, 1.54) is 5.56 Å². The van der Waals surface area contributed by atoms with Crippen molar-refractivity contribution in [3.63, 3.8) is 0 Å². The standard InChI is InChI=1S/C27H30N4O2/c32-27(28-23-11-5-2-6-12-23)29-25-14-8-7-13-24(25)26(30-33)20-31-17-15-22(16-18-31)19-21-9-3-1-4-10-21/h1-14,22,33H,15-20H2,(H2,28,29,32)/b30-26-. The van der Waals surface area contributed by atoms with Crippen molar-refractivity contribution in [2.75, 3.05) is 30.3 Å². The molecule has 6 heteroatoms. The molecule has 3 aromatic carbocycles. The van der Waals surface area contributed by atoms with Gasteiger partial charge in [-0.2, -0.15) is 0 Å². The lowest BCUT2D eigenvalue weighted by Gasteiger charge is -2.32. The zero-order chi connectivity index (χ0) is 22.9. The van der Waals surface area contributed by atoms with Gasteiger partial charge < -0.3 is 15.8 Å². The van der Waals surface area contributed by atoms with Crippen LogP contribution in [0.3, 0.4) is 0 Å². The molecule has 0 atom stereocenters. The molecule has 0 aromatic heterocycles. The number of amides is 2. The topological polar surface area (TPSA) is 77.0 Å². The molecule has 1 aliphatic heterocycles. The largest absolute Gasteiger partial charge is 0.411 e. The summed E-state index contributed by atoms with van der Waals surface area (Å²) in [7, 11) is 0. The fourth-order valence-corrected chi connectivity index (χ4v) is 4.33. The van der Waals surface area contributed by atoms with Crippen molar-refractivity contribution in [3.8, 4) is 0 Å². The van der Waals surface area contributed by atoms with Crippen LogP contribution in [0, 0.1) is 5.92 Å². The quantitative estimate of drug-likeness (QED) is 0.258. The van der Waals surface area contributed by atoms with Gasteiger partial charge in [0.05, 0.1) is 5.69 Å². The lowest BCUT2D eigenvalue weighted by molar-refractivity contribution is 0.203. The molecule has 4 rings (SSSR count). The maximum Gasteiger partial charge on any atom is 0.323 e. The van der Waals surface area contributed by atoms with Gasteiger partial charge in [0.25, 0.3) is 0 Å². The zero-order valence-electron chi connectivity index (χ0n) is 18.7. The van der Waals surface area contributed by atoms with E-state index in [1.54, 1.807) is 0 Å². The molecule has 2 amide bonds. The Bertz CT molecular complexity index is 1060. The van der Waals surface area contributed by atoms with Crippen molar-refractivity contribution in [2.24, 2.45) is 11.1 Å². The summed E-state index contributed by atoms with van der Waals surface area (Å²) >= 11 is 0. The molecule has 0 saturated carbocycles. The number of rotatable bonds is 7. The highest BCUT2D eigenvalue weighted by molar-refractivity contribution is 6.10. The summed E-state index contributed by atoms with van der Waals surface area (Å²) in [5, 5.41) is 19.1. The van der Waals surface area contributed by atoms with Gasteiger partial charge >= 0.3 is 6.03 Å². The van der Waals surface area contributed by atoms with Crippen LogP contribution in [0.4, 0.5) is 16.2 Å². The normalized spacial score (nSPS) is 15.2. The van der Waals surface area contributed by atoms with E-state index in [9.17, 15) is 10.0 Å². The SMILES string of the molecule is O=C(Nc1ccccc1)Nc1ccccc1/C(CN1CCC(Cc2ccccc2)CC1)=N\O. The molecule has 6 nitrogen and oxygen atoms in total. The lowest BCUT2D eigenvalue weighted by atomic mass is 9.90. The minimum absolute atomic E-state index is 0.340. The number of likely N-dealkylation sites (tertiary alicyclic amines) is 1. The number of piperidine rings is 1. The van der Waals surface area contributed by atoms with E-state index in [4.69, 9.17) is 0 Å². The molecule has 33 heavy (non-hydrogen) atoms. The first-order valence-corrected chi connectivity index (χ1v) is 11.4. The van der Waals surface area contributed by atoms with Gasteiger partial charge in [-0.05, 0) is 62.0 Å². The van der Waals surface area contributed by atoms with Crippen LogP contribution in [0.25, 0.3) is 0 Å². The van der Waals surface area contributed by atoms with Crippen LogP contribution < -0.4 is 10.6 Å². The van der Waals surface area contributed by atoms with Crippen molar-refractivity contribution in [3.05, 3.63) is 96.1 Å². The summed E-state index contributed by atoms with van der Waals surface area (Å²) in [4.78, 5) is 14.8. The molecule has 0 aliphatic carbocycles. The van der Waals surface area contributed by atoms with E-state index in [2.05, 4.69) is 51.0 Å². The number of oxime groups is 1. The Labute approximate surface area is 194 Å². The molecule has 3 aromatic rings. The Kier molecular flexibility index (Phi) is 7.72. The third-order valence-corrected chi connectivity index (χ3v) is 6.09. The number of urea groups is 1. The Balaban J connectivity index is 1.35. The van der Waals surface area contributed by atoms with Gasteiger partial charge in [0, 0.05) is 17.8 Å². The molecule has 170 valence electrons. The number of carbonyl (C=O) groups is 1. The average Bonchev–Trinajstić information content (AvgIpc) is 2.85. The minimum atomic E-state index is -0.340. The lowest BCUT2D eigenvalue weighted by Crippen LogP contribution is -2.38. The predicted octanol–water partition coefficient (Wildman–Crippen LogP) is 5.46. The molecule has 1 saturated heterocycles. The minimum Gasteiger partial charge on any atom is -0.411 e. The highest BCUT2D eigenvalue weighted by atomic mass is 16.4. The number of anilines is 2. The summed E-state index contributed by atoms with van der Waals surface area (Å²) in [6.07, 6.45) is 3.35. The van der Waals surface area contributed by atoms with E-state index in [1.807, 2.05) is 54.6 Å². The first-order valence-electron chi connectivity index (χ1n) is 11.4. The molecule has 1 heterocycles. The summed E-state index contributed by atoms with van der Waals surface area (Å²) in [5.41, 5.74) is 3.98. The maximum atomic E-state index is 12.5. The van der Waals surface area contributed by atoms with Crippen LogP contribution in [0.2, 0.25) is 0 Å². The Morgan fingerprint density at radius 2 is 1.52 bits per heavy atom. The fourth-order valence-electron chi connectivity index (χ4n) is 4.33. The maximum absolute atomic E-state index is 12.5. The molecule has 0 spiro atoms. The number of hydrogen-bond acceptors (Lipinski definition) is 4. The van der Waals surface area contributed by atoms with Gasteiger partial charge in [-0.1, -0.05) is 71.9 Å². The molecule has 0 bridgehead atoms. The van der Waals surface area contributed by atoms with Crippen LogP contribution in [-0.4, -0.2) is 41.5 Å². The van der Waals surface area contributed by atoms with E-state index < -0.39 is 0 Å². The number of benzene rings is 3. The molecule has 1 fully saturated rings. The highest BCUT2D eigenvalue weighted by Gasteiger charge is 2.22. The van der Waals surface area contributed by atoms with E-state index in [-0.39, 0.29) is 6.03 Å². The predicted molar refractivity (Wildman–Crippen MR) is 133 cm³/mol. The average molecular weight is 443 g/mol. The van der Waals surface area contributed by atoms with E-state index in [0.717, 1.165) is 37.9 Å². The first-order chi connectivity index (χ1) is 16.2. The van der Waals surface area contributed by atoms with Gasteiger partial charge in [0.1, 0.15) is 5.71 Å². The van der Waals surface area contributed by atoms with Crippen LogP contribution in [0.5, 0.6) is 0 Å². The summed E-state index contributed by atoms with van der Waals surface area (Å²) in [5.74, 6) is 0.675. The number of carbonyl (C=O) groups excluding carboxylic acids is 1. The molecule has 1 aliphatic rings.